The van der Waals surface area contributed by atoms with Crippen molar-refractivity contribution in [3.8, 4) is 0 Å². The SMILES string of the molecule is CC(O)Cn1nc2n(c1=O)CCNC2. The maximum Gasteiger partial charge on any atom is 0.346 e. The highest BCUT2D eigenvalue weighted by Gasteiger charge is 2.16. The Bertz CT molecular complexity index is 379. The molecule has 1 unspecified atom stereocenters. The fourth-order valence-electron chi connectivity index (χ4n) is 1.60. The summed E-state index contributed by atoms with van der Waals surface area (Å²) >= 11 is 0. The molecule has 0 spiro atoms. The molecule has 1 aromatic rings. The summed E-state index contributed by atoms with van der Waals surface area (Å²) in [6, 6.07) is 0. The van der Waals surface area contributed by atoms with Crippen LogP contribution in [0.4, 0.5) is 0 Å². The lowest BCUT2D eigenvalue weighted by atomic mass is 10.4. The molecule has 1 atom stereocenters. The second-order valence-corrected chi connectivity index (χ2v) is 3.56. The van der Waals surface area contributed by atoms with E-state index in [2.05, 4.69) is 10.4 Å². The van der Waals surface area contributed by atoms with Crippen LogP contribution in [0.2, 0.25) is 0 Å². The van der Waals surface area contributed by atoms with Crippen LogP contribution in [-0.2, 0) is 19.6 Å². The number of nitrogens with one attached hydrogen (secondary N) is 1. The maximum atomic E-state index is 11.7. The van der Waals surface area contributed by atoms with Gasteiger partial charge >= 0.3 is 5.69 Å². The molecule has 0 bridgehead atoms. The normalized spacial score (nSPS) is 17.9. The first-order valence-electron chi connectivity index (χ1n) is 4.74. The van der Waals surface area contributed by atoms with E-state index < -0.39 is 6.10 Å². The topological polar surface area (TPSA) is 72.1 Å². The number of aliphatic hydroxyl groups is 1. The summed E-state index contributed by atoms with van der Waals surface area (Å²) in [5.74, 6) is 0.752. The molecule has 0 radical (unpaired) electrons. The summed E-state index contributed by atoms with van der Waals surface area (Å²) < 4.78 is 2.98. The van der Waals surface area contributed by atoms with Crippen LogP contribution >= 0.6 is 0 Å². The van der Waals surface area contributed by atoms with Crippen molar-refractivity contribution >= 4 is 0 Å². The molecule has 78 valence electrons. The highest BCUT2D eigenvalue weighted by Crippen LogP contribution is 1.98. The molecule has 6 heteroatoms. The predicted octanol–water partition coefficient (Wildman–Crippen LogP) is -1.47. The molecule has 1 aromatic heterocycles. The molecule has 1 aliphatic heterocycles. The van der Waals surface area contributed by atoms with E-state index in [9.17, 15) is 4.79 Å². The summed E-state index contributed by atoms with van der Waals surface area (Å²) in [6.45, 7) is 3.99. The van der Waals surface area contributed by atoms with Crippen molar-refractivity contribution in [1.29, 1.82) is 0 Å². The number of aliphatic hydroxyl groups excluding tert-OH is 1. The summed E-state index contributed by atoms with van der Waals surface area (Å²) in [6.07, 6.45) is -0.544. The van der Waals surface area contributed by atoms with Gasteiger partial charge in [0, 0.05) is 13.1 Å². The zero-order valence-corrected chi connectivity index (χ0v) is 8.10. The van der Waals surface area contributed by atoms with Crippen LogP contribution < -0.4 is 11.0 Å². The average Bonchev–Trinajstić information content (AvgIpc) is 2.44. The van der Waals surface area contributed by atoms with E-state index in [1.165, 1.54) is 4.68 Å². The predicted molar refractivity (Wildman–Crippen MR) is 49.9 cm³/mol. The van der Waals surface area contributed by atoms with Crippen LogP contribution in [-0.4, -0.2) is 32.1 Å². The fourth-order valence-corrected chi connectivity index (χ4v) is 1.60. The second kappa shape index (κ2) is 3.55. The highest BCUT2D eigenvalue weighted by atomic mass is 16.3. The standard InChI is InChI=1S/C8H14N4O2/c1-6(13)5-12-8(14)11-3-2-9-4-7(11)10-12/h6,9,13H,2-5H2,1H3. The number of fused-ring (bicyclic) bond motifs is 1. The van der Waals surface area contributed by atoms with Gasteiger partial charge in [0.25, 0.3) is 0 Å². The summed E-state index contributed by atoms with van der Waals surface area (Å²) in [5, 5.41) is 16.4. The van der Waals surface area contributed by atoms with Gasteiger partial charge in [-0.15, -0.1) is 0 Å². The van der Waals surface area contributed by atoms with Crippen molar-refractivity contribution in [2.24, 2.45) is 0 Å². The van der Waals surface area contributed by atoms with Gasteiger partial charge in [0.15, 0.2) is 0 Å². The molecular formula is C8H14N4O2. The zero-order chi connectivity index (χ0) is 10.1. The van der Waals surface area contributed by atoms with E-state index in [4.69, 9.17) is 5.11 Å². The molecule has 6 nitrogen and oxygen atoms in total. The van der Waals surface area contributed by atoms with Crippen LogP contribution in [0.5, 0.6) is 0 Å². The number of aromatic nitrogens is 3. The Morgan fingerprint density at radius 3 is 3.14 bits per heavy atom. The molecule has 2 N–H and O–H groups in total. The number of hydrogen-bond acceptors (Lipinski definition) is 4. The second-order valence-electron chi connectivity index (χ2n) is 3.56. The van der Waals surface area contributed by atoms with Crippen molar-refractivity contribution in [3.63, 3.8) is 0 Å². The van der Waals surface area contributed by atoms with Gasteiger partial charge in [-0.3, -0.25) is 4.57 Å². The largest absolute Gasteiger partial charge is 0.391 e. The van der Waals surface area contributed by atoms with Crippen LogP contribution in [0, 0.1) is 0 Å². The van der Waals surface area contributed by atoms with Crippen LogP contribution in [0.15, 0.2) is 4.79 Å². The van der Waals surface area contributed by atoms with Crippen molar-refractivity contribution in [1.82, 2.24) is 19.7 Å². The lowest BCUT2D eigenvalue weighted by molar-refractivity contribution is 0.166. The Morgan fingerprint density at radius 1 is 1.71 bits per heavy atom. The molecule has 2 heterocycles. The molecule has 2 rings (SSSR count). The average molecular weight is 198 g/mol. The highest BCUT2D eigenvalue weighted by molar-refractivity contribution is 4.90. The summed E-state index contributed by atoms with van der Waals surface area (Å²) in [7, 11) is 0. The minimum atomic E-state index is -0.544. The quantitative estimate of drug-likeness (QED) is 0.608. The molecule has 0 aromatic carbocycles. The van der Waals surface area contributed by atoms with E-state index in [0.29, 0.717) is 13.1 Å². The molecule has 0 saturated heterocycles. The van der Waals surface area contributed by atoms with E-state index in [1.54, 1.807) is 11.5 Å². The van der Waals surface area contributed by atoms with Gasteiger partial charge in [0.2, 0.25) is 0 Å². The maximum absolute atomic E-state index is 11.7. The Hall–Kier alpha value is -1.14. The fraction of sp³-hybridized carbons (Fsp3) is 0.750. The first kappa shape index (κ1) is 9.42. The molecular weight excluding hydrogens is 184 g/mol. The van der Waals surface area contributed by atoms with E-state index in [0.717, 1.165) is 12.4 Å². The lowest BCUT2D eigenvalue weighted by Crippen LogP contribution is -2.34. The Kier molecular flexibility index (Phi) is 2.39. The number of rotatable bonds is 2. The van der Waals surface area contributed by atoms with Gasteiger partial charge < -0.3 is 10.4 Å². The van der Waals surface area contributed by atoms with Gasteiger partial charge in [0.05, 0.1) is 19.2 Å². The molecule has 0 aliphatic carbocycles. The smallest absolute Gasteiger partial charge is 0.346 e. The Labute approximate surface area is 81.2 Å². The van der Waals surface area contributed by atoms with Crippen LogP contribution in [0.25, 0.3) is 0 Å². The van der Waals surface area contributed by atoms with Gasteiger partial charge in [-0.05, 0) is 6.92 Å². The minimum Gasteiger partial charge on any atom is -0.391 e. The van der Waals surface area contributed by atoms with Crippen molar-refractivity contribution < 1.29 is 5.11 Å². The summed E-state index contributed by atoms with van der Waals surface area (Å²) in [4.78, 5) is 11.7. The van der Waals surface area contributed by atoms with Gasteiger partial charge in [-0.25, -0.2) is 9.48 Å². The van der Waals surface area contributed by atoms with Crippen LogP contribution in [0.3, 0.4) is 0 Å². The molecule has 14 heavy (non-hydrogen) atoms. The summed E-state index contributed by atoms with van der Waals surface area (Å²) in [5.41, 5.74) is -0.123. The van der Waals surface area contributed by atoms with Crippen molar-refractivity contribution in [3.05, 3.63) is 16.3 Å². The third-order valence-corrected chi connectivity index (χ3v) is 2.23. The lowest BCUT2D eigenvalue weighted by Gasteiger charge is -2.11. The molecule has 0 fully saturated rings. The van der Waals surface area contributed by atoms with Crippen LogP contribution in [0.1, 0.15) is 12.7 Å². The van der Waals surface area contributed by atoms with Gasteiger partial charge in [0.1, 0.15) is 5.82 Å². The third kappa shape index (κ3) is 1.58. The molecule has 0 saturated carbocycles. The minimum absolute atomic E-state index is 0.123. The molecule has 0 amide bonds. The Morgan fingerprint density at radius 2 is 2.50 bits per heavy atom. The number of hydrogen-bond donors (Lipinski definition) is 2. The van der Waals surface area contributed by atoms with Gasteiger partial charge in [-0.2, -0.15) is 5.10 Å². The molecule has 1 aliphatic rings. The zero-order valence-electron chi connectivity index (χ0n) is 8.10. The number of nitrogens with zero attached hydrogens (tertiary/aromatic N) is 3. The van der Waals surface area contributed by atoms with E-state index in [1.807, 2.05) is 0 Å². The van der Waals surface area contributed by atoms with Crippen molar-refractivity contribution in [2.75, 3.05) is 6.54 Å². The first-order valence-corrected chi connectivity index (χ1v) is 4.74. The van der Waals surface area contributed by atoms with E-state index >= 15 is 0 Å². The Balaban J connectivity index is 2.34. The third-order valence-electron chi connectivity index (χ3n) is 2.23. The van der Waals surface area contributed by atoms with Gasteiger partial charge in [-0.1, -0.05) is 0 Å². The first-order chi connectivity index (χ1) is 6.68. The monoisotopic (exact) mass is 198 g/mol. The van der Waals surface area contributed by atoms with Crippen molar-refractivity contribution in [2.45, 2.75) is 32.7 Å². The van der Waals surface area contributed by atoms with E-state index in [-0.39, 0.29) is 12.2 Å².